The molecule has 0 saturated carbocycles. The summed E-state index contributed by atoms with van der Waals surface area (Å²) in [4.78, 5) is 0. The zero-order chi connectivity index (χ0) is 8.20. The van der Waals surface area contributed by atoms with Crippen LogP contribution in [0.15, 0.2) is 0 Å². The summed E-state index contributed by atoms with van der Waals surface area (Å²) in [5.74, 6) is 0. The molecule has 0 aromatic carbocycles. The highest BCUT2D eigenvalue weighted by atomic mass is 16.3. The molecule has 0 aliphatic heterocycles. The van der Waals surface area contributed by atoms with E-state index >= 15 is 0 Å². The van der Waals surface area contributed by atoms with Crippen LogP contribution in [0.5, 0.6) is 0 Å². The minimum absolute atomic E-state index is 0.163. The normalized spacial score (nSPS) is 15.3. The summed E-state index contributed by atoms with van der Waals surface area (Å²) in [6, 6.07) is 0. The van der Waals surface area contributed by atoms with Gasteiger partial charge >= 0.3 is 0 Å². The Hall–Kier alpha value is -0.120. The molecular formula is C7H17NO2. The maximum Gasteiger partial charge on any atom is 0.107 e. The molecule has 0 radical (unpaired) electrons. The van der Waals surface area contributed by atoms with E-state index in [1.165, 1.54) is 0 Å². The summed E-state index contributed by atoms with van der Waals surface area (Å²) >= 11 is 0. The Kier molecular flexibility index (Phi) is 3.86. The summed E-state index contributed by atoms with van der Waals surface area (Å²) in [5, 5.41) is 17.5. The van der Waals surface area contributed by atoms with E-state index in [0.717, 1.165) is 6.42 Å². The summed E-state index contributed by atoms with van der Waals surface area (Å²) in [6.07, 6.45) is 0.654. The van der Waals surface area contributed by atoms with Gasteiger partial charge in [0.2, 0.25) is 0 Å². The lowest BCUT2D eigenvalue weighted by molar-refractivity contribution is 0.0446. The van der Waals surface area contributed by atoms with E-state index < -0.39 is 6.23 Å². The minimum Gasteiger partial charge on any atom is -0.396 e. The predicted molar refractivity (Wildman–Crippen MR) is 40.3 cm³/mol. The second kappa shape index (κ2) is 3.91. The van der Waals surface area contributed by atoms with Crippen LogP contribution in [0, 0.1) is 5.41 Å². The van der Waals surface area contributed by atoms with Crippen LogP contribution in [-0.2, 0) is 0 Å². The van der Waals surface area contributed by atoms with E-state index in [-0.39, 0.29) is 12.0 Å². The number of rotatable bonds is 4. The molecule has 0 aromatic heterocycles. The average Bonchev–Trinajstić information content (AvgIpc) is 1.84. The number of aliphatic hydroxyl groups is 2. The molecule has 0 spiro atoms. The first-order valence-electron chi connectivity index (χ1n) is 3.55. The summed E-state index contributed by atoms with van der Waals surface area (Å²) < 4.78 is 0. The van der Waals surface area contributed by atoms with Crippen molar-refractivity contribution in [1.29, 1.82) is 0 Å². The van der Waals surface area contributed by atoms with Gasteiger partial charge in [-0.25, -0.2) is 0 Å². The number of hydrogen-bond donors (Lipinski definition) is 3. The molecule has 0 heterocycles. The van der Waals surface area contributed by atoms with Crippen LogP contribution < -0.4 is 5.73 Å². The molecule has 62 valence electrons. The van der Waals surface area contributed by atoms with Crippen molar-refractivity contribution < 1.29 is 10.2 Å². The van der Waals surface area contributed by atoms with Gasteiger partial charge in [0.1, 0.15) is 6.23 Å². The third kappa shape index (κ3) is 3.15. The summed E-state index contributed by atoms with van der Waals surface area (Å²) in [6.45, 7) is 3.93. The number of aliphatic hydroxyl groups excluding tert-OH is 2. The number of nitrogens with two attached hydrogens (primary N) is 1. The Morgan fingerprint density at radius 3 is 2.30 bits per heavy atom. The van der Waals surface area contributed by atoms with E-state index in [0.29, 0.717) is 6.42 Å². The average molecular weight is 147 g/mol. The van der Waals surface area contributed by atoms with Crippen LogP contribution in [0.25, 0.3) is 0 Å². The molecule has 10 heavy (non-hydrogen) atoms. The molecular weight excluding hydrogens is 130 g/mol. The third-order valence-corrected chi connectivity index (χ3v) is 1.78. The first-order valence-corrected chi connectivity index (χ1v) is 3.55. The highest BCUT2D eigenvalue weighted by molar-refractivity contribution is 4.72. The maximum absolute atomic E-state index is 9.00. The van der Waals surface area contributed by atoms with Crippen molar-refractivity contribution in [2.75, 3.05) is 6.61 Å². The van der Waals surface area contributed by atoms with Crippen molar-refractivity contribution in [3.63, 3.8) is 0 Å². The van der Waals surface area contributed by atoms with Crippen molar-refractivity contribution in [2.24, 2.45) is 11.1 Å². The zero-order valence-electron chi connectivity index (χ0n) is 6.67. The fourth-order valence-corrected chi connectivity index (χ4v) is 0.683. The van der Waals surface area contributed by atoms with Gasteiger partial charge in [-0.05, 0) is 12.8 Å². The molecule has 0 fully saturated rings. The van der Waals surface area contributed by atoms with Crippen molar-refractivity contribution in [1.82, 2.24) is 0 Å². The van der Waals surface area contributed by atoms with Crippen molar-refractivity contribution in [3.05, 3.63) is 0 Å². The smallest absolute Gasteiger partial charge is 0.107 e. The van der Waals surface area contributed by atoms with E-state index in [9.17, 15) is 0 Å². The molecule has 1 unspecified atom stereocenters. The van der Waals surface area contributed by atoms with Crippen LogP contribution >= 0.6 is 0 Å². The molecule has 0 aliphatic carbocycles. The van der Waals surface area contributed by atoms with Crippen LogP contribution in [0.4, 0.5) is 0 Å². The topological polar surface area (TPSA) is 66.5 Å². The van der Waals surface area contributed by atoms with Gasteiger partial charge in [0.15, 0.2) is 0 Å². The molecule has 0 amide bonds. The Morgan fingerprint density at radius 2 is 2.00 bits per heavy atom. The molecule has 0 saturated heterocycles. The van der Waals surface area contributed by atoms with Gasteiger partial charge in [0.05, 0.1) is 0 Å². The highest BCUT2D eigenvalue weighted by Crippen LogP contribution is 2.23. The second-order valence-corrected chi connectivity index (χ2v) is 3.26. The fourth-order valence-electron chi connectivity index (χ4n) is 0.683. The minimum atomic E-state index is -0.793. The molecule has 3 heteroatoms. The first-order chi connectivity index (χ1) is 4.50. The summed E-state index contributed by atoms with van der Waals surface area (Å²) in [7, 11) is 0. The largest absolute Gasteiger partial charge is 0.396 e. The lowest BCUT2D eigenvalue weighted by Crippen LogP contribution is -2.37. The number of hydrogen-bond acceptors (Lipinski definition) is 3. The van der Waals surface area contributed by atoms with Gasteiger partial charge in [-0.15, -0.1) is 0 Å². The van der Waals surface area contributed by atoms with E-state index in [1.807, 2.05) is 13.8 Å². The molecule has 0 rings (SSSR count). The molecule has 0 aromatic rings. The highest BCUT2D eigenvalue weighted by Gasteiger charge is 2.23. The van der Waals surface area contributed by atoms with Crippen LogP contribution in [-0.4, -0.2) is 23.0 Å². The van der Waals surface area contributed by atoms with Crippen LogP contribution in [0.3, 0.4) is 0 Å². The third-order valence-electron chi connectivity index (χ3n) is 1.78. The van der Waals surface area contributed by atoms with Crippen molar-refractivity contribution >= 4 is 0 Å². The Morgan fingerprint density at radius 1 is 1.50 bits per heavy atom. The quantitative estimate of drug-likeness (QED) is 0.493. The fraction of sp³-hybridized carbons (Fsp3) is 1.00. The van der Waals surface area contributed by atoms with Gasteiger partial charge in [-0.1, -0.05) is 13.8 Å². The lowest BCUT2D eigenvalue weighted by Gasteiger charge is -2.26. The van der Waals surface area contributed by atoms with Crippen molar-refractivity contribution in [3.8, 4) is 0 Å². The van der Waals surface area contributed by atoms with Gasteiger partial charge in [0, 0.05) is 12.0 Å². The molecule has 1 atom stereocenters. The van der Waals surface area contributed by atoms with E-state index in [4.69, 9.17) is 15.9 Å². The Labute approximate surface area is 61.9 Å². The Bertz CT molecular complexity index is 91.6. The van der Waals surface area contributed by atoms with Crippen molar-refractivity contribution in [2.45, 2.75) is 32.9 Å². The van der Waals surface area contributed by atoms with E-state index in [2.05, 4.69) is 0 Å². The summed E-state index contributed by atoms with van der Waals surface area (Å²) in [5.41, 5.74) is 5.01. The Balaban J connectivity index is 3.63. The van der Waals surface area contributed by atoms with Gasteiger partial charge in [0.25, 0.3) is 0 Å². The zero-order valence-corrected chi connectivity index (χ0v) is 6.67. The molecule has 0 bridgehead atoms. The molecule has 3 nitrogen and oxygen atoms in total. The van der Waals surface area contributed by atoms with Gasteiger partial charge in [-0.3, -0.25) is 0 Å². The standard InChI is InChI=1S/C7H17NO2/c1-7(2,6(8)10)4-3-5-9/h6,9-10H,3-5,8H2,1-2H3. The molecule has 4 N–H and O–H groups in total. The maximum atomic E-state index is 9.00. The predicted octanol–water partition coefficient (Wildman–Crippen LogP) is 0.0622. The van der Waals surface area contributed by atoms with Gasteiger partial charge < -0.3 is 15.9 Å². The molecule has 0 aliphatic rings. The SMILES string of the molecule is CC(C)(CCCO)C(N)O. The van der Waals surface area contributed by atoms with E-state index in [1.54, 1.807) is 0 Å². The van der Waals surface area contributed by atoms with Crippen LogP contribution in [0.1, 0.15) is 26.7 Å². The van der Waals surface area contributed by atoms with Crippen LogP contribution in [0.2, 0.25) is 0 Å². The monoisotopic (exact) mass is 147 g/mol. The second-order valence-electron chi connectivity index (χ2n) is 3.26. The first kappa shape index (κ1) is 9.88. The lowest BCUT2D eigenvalue weighted by atomic mass is 9.86. The van der Waals surface area contributed by atoms with Gasteiger partial charge in [-0.2, -0.15) is 0 Å².